The number of nitrogens with one attached hydrogen (secondary N) is 2. The Bertz CT molecular complexity index is 1830. The third-order valence-corrected chi connectivity index (χ3v) is 9.01. The Morgan fingerprint density at radius 2 is 1.57 bits per heavy atom. The van der Waals surface area contributed by atoms with Gasteiger partial charge in [0.15, 0.2) is 11.6 Å². The van der Waals surface area contributed by atoms with Gasteiger partial charge in [-0.15, -0.1) is 0 Å². The van der Waals surface area contributed by atoms with Crippen molar-refractivity contribution in [3.63, 3.8) is 0 Å². The van der Waals surface area contributed by atoms with E-state index < -0.39 is 34.9 Å². The van der Waals surface area contributed by atoms with E-state index in [1.54, 1.807) is 36.4 Å². The quantitative estimate of drug-likeness (QED) is 0.170. The number of hydrogen-bond donors (Lipinski definition) is 3. The van der Waals surface area contributed by atoms with E-state index in [4.69, 9.17) is 0 Å². The number of likely N-dealkylation sites (tertiary alicyclic amines) is 1. The molecule has 1 spiro atoms. The molecular formula is C38H40F4N4O3. The van der Waals surface area contributed by atoms with Crippen molar-refractivity contribution in [2.45, 2.75) is 52.1 Å². The lowest BCUT2D eigenvalue weighted by Crippen LogP contribution is -2.47. The molecule has 2 heterocycles. The Kier molecular flexibility index (Phi) is 9.00. The van der Waals surface area contributed by atoms with Crippen LogP contribution in [0.15, 0.2) is 78.9 Å². The number of nitrogens with zero attached hydrogens (tertiary/aromatic N) is 2. The van der Waals surface area contributed by atoms with Crippen molar-refractivity contribution in [1.82, 2.24) is 4.90 Å². The number of urea groups is 1. The molecule has 3 N–H and O–H groups in total. The van der Waals surface area contributed by atoms with Crippen LogP contribution >= 0.6 is 0 Å². The summed E-state index contributed by atoms with van der Waals surface area (Å²) in [5, 5.41) is 17.0. The van der Waals surface area contributed by atoms with Crippen molar-refractivity contribution in [2.24, 2.45) is 5.41 Å². The summed E-state index contributed by atoms with van der Waals surface area (Å²) in [6.07, 6.45) is -1.86. The average Bonchev–Trinajstić information content (AvgIpc) is 3.35. The number of para-hydroxylation sites is 2. The molecule has 2 aliphatic rings. The molecule has 11 heteroatoms. The summed E-state index contributed by atoms with van der Waals surface area (Å²) >= 11 is 0. The van der Waals surface area contributed by atoms with Crippen LogP contribution in [0.5, 0.6) is 11.5 Å². The molecule has 1 fully saturated rings. The van der Waals surface area contributed by atoms with Crippen LogP contribution in [-0.2, 0) is 5.41 Å². The van der Waals surface area contributed by atoms with E-state index in [2.05, 4.69) is 41.0 Å². The molecule has 49 heavy (non-hydrogen) atoms. The van der Waals surface area contributed by atoms with E-state index in [-0.39, 0.29) is 11.2 Å². The summed E-state index contributed by atoms with van der Waals surface area (Å²) in [4.78, 5) is 17.5. The minimum absolute atomic E-state index is 0.0540. The summed E-state index contributed by atoms with van der Waals surface area (Å²) in [6, 6.07) is 19.3. The van der Waals surface area contributed by atoms with Gasteiger partial charge in [0.25, 0.3) is 0 Å². The second-order valence-electron chi connectivity index (χ2n) is 14.2. The SMILES string of the molecule is CC(C)(C)CN1CCC2(CC1)CN(c1ccccc1NC(=O)Nc1ccc(OC(C)(F)F)cc1)c1c(O)c(F)cc(-c3ccc(F)cc3)c12. The average molecular weight is 677 g/mol. The van der Waals surface area contributed by atoms with Gasteiger partial charge >= 0.3 is 12.1 Å². The lowest BCUT2D eigenvalue weighted by Gasteiger charge is -2.42. The fourth-order valence-electron chi connectivity index (χ4n) is 7.08. The van der Waals surface area contributed by atoms with Gasteiger partial charge in [0, 0.05) is 31.1 Å². The number of amides is 2. The van der Waals surface area contributed by atoms with E-state index in [0.29, 0.717) is 47.3 Å². The van der Waals surface area contributed by atoms with E-state index in [1.165, 1.54) is 42.5 Å². The number of ether oxygens (including phenoxy) is 1. The molecule has 1 saturated heterocycles. The summed E-state index contributed by atoms with van der Waals surface area (Å²) in [7, 11) is 0. The molecule has 0 saturated carbocycles. The zero-order valence-corrected chi connectivity index (χ0v) is 27.9. The Hall–Kier alpha value is -4.77. The molecule has 0 radical (unpaired) electrons. The zero-order valence-electron chi connectivity index (χ0n) is 27.9. The number of anilines is 4. The van der Waals surface area contributed by atoms with Gasteiger partial charge in [0.1, 0.15) is 11.6 Å². The summed E-state index contributed by atoms with van der Waals surface area (Å²) in [5.41, 5.74) is 3.28. The first-order valence-corrected chi connectivity index (χ1v) is 16.3. The molecule has 2 aliphatic heterocycles. The maximum Gasteiger partial charge on any atom is 0.394 e. The van der Waals surface area contributed by atoms with E-state index in [1.807, 2.05) is 4.90 Å². The minimum atomic E-state index is -3.34. The van der Waals surface area contributed by atoms with Crippen molar-refractivity contribution in [2.75, 3.05) is 41.7 Å². The maximum absolute atomic E-state index is 15.7. The second-order valence-corrected chi connectivity index (χ2v) is 14.2. The molecule has 2 amide bonds. The fourth-order valence-corrected chi connectivity index (χ4v) is 7.08. The lowest BCUT2D eigenvalue weighted by molar-refractivity contribution is -0.158. The molecule has 0 atom stereocenters. The molecule has 0 bridgehead atoms. The van der Waals surface area contributed by atoms with Crippen molar-refractivity contribution < 1.29 is 32.2 Å². The van der Waals surface area contributed by atoms with Crippen molar-refractivity contribution >= 4 is 28.8 Å². The highest BCUT2D eigenvalue weighted by Crippen LogP contribution is 2.57. The van der Waals surface area contributed by atoms with Crippen molar-refractivity contribution in [1.29, 1.82) is 0 Å². The second kappa shape index (κ2) is 12.9. The number of phenolic OH excluding ortho intramolecular Hbond substituents is 1. The number of alkyl halides is 2. The van der Waals surface area contributed by atoms with Gasteiger partial charge < -0.3 is 30.3 Å². The lowest BCUT2D eigenvalue weighted by atomic mass is 9.71. The number of hydrogen-bond acceptors (Lipinski definition) is 5. The zero-order chi connectivity index (χ0) is 35.1. The van der Waals surface area contributed by atoms with E-state index in [9.17, 15) is 23.1 Å². The Morgan fingerprint density at radius 1 is 0.918 bits per heavy atom. The molecule has 7 nitrogen and oxygen atoms in total. The minimum Gasteiger partial charge on any atom is -0.503 e. The van der Waals surface area contributed by atoms with Gasteiger partial charge in [-0.05, 0) is 103 Å². The summed E-state index contributed by atoms with van der Waals surface area (Å²) in [5.74, 6) is -1.76. The van der Waals surface area contributed by atoms with Gasteiger partial charge in [-0.1, -0.05) is 45.0 Å². The number of aromatic hydroxyl groups is 1. The van der Waals surface area contributed by atoms with Crippen LogP contribution in [0.4, 0.5) is 45.1 Å². The van der Waals surface area contributed by atoms with Gasteiger partial charge in [-0.2, -0.15) is 8.78 Å². The molecule has 4 aromatic carbocycles. The smallest absolute Gasteiger partial charge is 0.394 e. The van der Waals surface area contributed by atoms with Gasteiger partial charge in [0.2, 0.25) is 0 Å². The van der Waals surface area contributed by atoms with Crippen LogP contribution in [0.25, 0.3) is 11.1 Å². The van der Waals surface area contributed by atoms with E-state index in [0.717, 1.165) is 38.0 Å². The predicted molar refractivity (Wildman–Crippen MR) is 184 cm³/mol. The van der Waals surface area contributed by atoms with Crippen LogP contribution in [0.2, 0.25) is 0 Å². The summed E-state index contributed by atoms with van der Waals surface area (Å²) in [6.45, 7) is 10.2. The summed E-state index contributed by atoms with van der Waals surface area (Å²) < 4.78 is 60.7. The molecule has 0 unspecified atom stereocenters. The fraction of sp³-hybridized carbons (Fsp3) is 0.342. The Labute approximate surface area is 283 Å². The predicted octanol–water partition coefficient (Wildman–Crippen LogP) is 9.50. The first-order chi connectivity index (χ1) is 23.1. The van der Waals surface area contributed by atoms with Crippen LogP contribution in [-0.4, -0.2) is 48.3 Å². The number of carbonyl (C=O) groups excluding carboxylic acids is 1. The largest absolute Gasteiger partial charge is 0.503 e. The standard InChI is InChI=1S/C38H40F4N4O3/c1-36(2,3)22-45-19-17-38(18-20-45)23-46(33-32(38)28(21-29(40)34(33)47)24-9-11-25(39)12-10-24)31-8-6-5-7-30(31)44-35(48)43-26-13-15-27(16-14-26)49-37(4,41)42/h5-16,21,47H,17-20,22-23H2,1-4H3,(H2,43,44,48). The molecule has 0 aromatic heterocycles. The molecule has 0 aliphatic carbocycles. The van der Waals surface area contributed by atoms with Gasteiger partial charge in [-0.25, -0.2) is 13.6 Å². The number of piperidine rings is 1. The topological polar surface area (TPSA) is 77.1 Å². The van der Waals surface area contributed by atoms with Gasteiger partial charge in [-0.3, -0.25) is 0 Å². The van der Waals surface area contributed by atoms with Crippen LogP contribution in [0, 0.1) is 17.0 Å². The number of fused-ring (bicyclic) bond motifs is 2. The number of carbonyl (C=O) groups is 1. The monoisotopic (exact) mass is 676 g/mol. The molecule has 258 valence electrons. The first kappa shape index (κ1) is 34.1. The number of phenols is 1. The first-order valence-electron chi connectivity index (χ1n) is 16.3. The maximum atomic E-state index is 15.7. The third kappa shape index (κ3) is 7.46. The highest BCUT2D eigenvalue weighted by atomic mass is 19.3. The number of benzene rings is 4. The van der Waals surface area contributed by atoms with Gasteiger partial charge in [0.05, 0.1) is 17.1 Å². The van der Waals surface area contributed by atoms with Crippen LogP contribution < -0.4 is 20.3 Å². The molecule has 4 aromatic rings. The highest BCUT2D eigenvalue weighted by Gasteiger charge is 2.49. The van der Waals surface area contributed by atoms with Crippen LogP contribution in [0.1, 0.15) is 46.1 Å². The number of rotatable bonds is 7. The molecule has 6 rings (SSSR count). The van der Waals surface area contributed by atoms with E-state index >= 15 is 4.39 Å². The third-order valence-electron chi connectivity index (χ3n) is 9.01. The normalized spacial score (nSPS) is 16.0. The Morgan fingerprint density at radius 3 is 2.20 bits per heavy atom. The number of halogens is 4. The molecular weight excluding hydrogens is 636 g/mol. The Balaban J connectivity index is 1.36. The van der Waals surface area contributed by atoms with Crippen LogP contribution in [0.3, 0.4) is 0 Å². The highest BCUT2D eigenvalue weighted by molar-refractivity contribution is 6.03. The van der Waals surface area contributed by atoms with Crippen molar-refractivity contribution in [3.8, 4) is 22.6 Å². The van der Waals surface area contributed by atoms with Crippen molar-refractivity contribution in [3.05, 3.63) is 96.1 Å².